The molecule has 2 N–H and O–H groups in total. The van der Waals surface area contributed by atoms with Crippen molar-refractivity contribution in [1.29, 1.82) is 0 Å². The molecule has 2 aliphatic rings. The summed E-state index contributed by atoms with van der Waals surface area (Å²) in [7, 11) is 0. The highest BCUT2D eigenvalue weighted by Gasteiger charge is 2.47. The molecule has 1 aromatic carbocycles. The van der Waals surface area contributed by atoms with E-state index in [0.29, 0.717) is 17.3 Å². The molecule has 5 heteroatoms. The molecule has 130 valence electrons. The lowest BCUT2D eigenvalue weighted by Crippen LogP contribution is -2.49. The number of anilines is 1. The molecule has 4 nitrogen and oxygen atoms in total. The first-order chi connectivity index (χ1) is 11.5. The van der Waals surface area contributed by atoms with Crippen LogP contribution in [-0.4, -0.2) is 23.2 Å². The van der Waals surface area contributed by atoms with E-state index in [4.69, 9.17) is 17.0 Å². The van der Waals surface area contributed by atoms with Gasteiger partial charge in [0.05, 0.1) is 12.2 Å². The zero-order valence-electron chi connectivity index (χ0n) is 14.5. The van der Waals surface area contributed by atoms with Crippen LogP contribution in [0.1, 0.15) is 61.4 Å². The summed E-state index contributed by atoms with van der Waals surface area (Å²) in [6.07, 6.45) is 7.67. The summed E-state index contributed by atoms with van der Waals surface area (Å²) >= 11 is 5.56. The summed E-state index contributed by atoms with van der Waals surface area (Å²) in [5.74, 6) is 0.499. The Hall–Kier alpha value is -1.62. The fraction of sp³-hybridized carbons (Fsp3) is 0.579. The zero-order valence-corrected chi connectivity index (χ0v) is 15.3. The largest absolute Gasteiger partial charge is 0.462 e. The molecular weight excluding hydrogens is 320 g/mol. The van der Waals surface area contributed by atoms with Crippen LogP contribution < -0.4 is 10.6 Å². The Bertz CT molecular complexity index is 634. The molecule has 0 amide bonds. The highest BCUT2D eigenvalue weighted by Crippen LogP contribution is 2.48. The molecule has 0 aromatic heterocycles. The second kappa shape index (κ2) is 7.09. The van der Waals surface area contributed by atoms with E-state index in [2.05, 4.69) is 10.6 Å². The van der Waals surface area contributed by atoms with Crippen molar-refractivity contribution in [2.24, 2.45) is 5.92 Å². The van der Waals surface area contributed by atoms with Gasteiger partial charge in [0.1, 0.15) is 0 Å². The summed E-state index contributed by atoms with van der Waals surface area (Å²) in [5.41, 5.74) is 2.70. The van der Waals surface area contributed by atoms with Gasteiger partial charge in [0.25, 0.3) is 0 Å². The van der Waals surface area contributed by atoms with E-state index in [1.807, 2.05) is 26.0 Å². The van der Waals surface area contributed by atoms with Crippen molar-refractivity contribution in [3.63, 3.8) is 0 Å². The summed E-state index contributed by atoms with van der Waals surface area (Å²) in [6.45, 7) is 4.17. The van der Waals surface area contributed by atoms with E-state index in [0.717, 1.165) is 17.2 Å². The molecule has 1 aromatic rings. The number of aryl methyl sites for hydroxylation is 1. The minimum atomic E-state index is -0.286. The second-order valence-electron chi connectivity index (χ2n) is 6.97. The number of nitrogens with one attached hydrogen (secondary N) is 2. The molecule has 0 saturated heterocycles. The van der Waals surface area contributed by atoms with Crippen molar-refractivity contribution in [3.8, 4) is 0 Å². The third-order valence-electron chi connectivity index (χ3n) is 5.20. The predicted molar refractivity (Wildman–Crippen MR) is 100 cm³/mol. The number of ether oxygens (including phenoxy) is 1. The molecule has 0 aliphatic heterocycles. The van der Waals surface area contributed by atoms with E-state index >= 15 is 0 Å². The smallest absolute Gasteiger partial charge is 0.338 e. The van der Waals surface area contributed by atoms with Gasteiger partial charge in [-0.1, -0.05) is 12.8 Å². The standard InChI is InChI=1S/C19H26N2O2S/c1-3-23-17(22)14-6-9-16(13(2)12-14)20-18(24)21-19(15-7-8-15)10-4-5-11-19/h6,9,12,15H,3-5,7-8,10-11H2,1-2H3,(H2,20,21,24). The van der Waals surface area contributed by atoms with Gasteiger partial charge in [-0.25, -0.2) is 4.79 Å². The van der Waals surface area contributed by atoms with Crippen molar-refractivity contribution in [1.82, 2.24) is 5.32 Å². The van der Waals surface area contributed by atoms with Crippen LogP contribution in [0, 0.1) is 12.8 Å². The summed E-state index contributed by atoms with van der Waals surface area (Å²) < 4.78 is 5.04. The van der Waals surface area contributed by atoms with E-state index in [1.165, 1.54) is 38.5 Å². The van der Waals surface area contributed by atoms with Crippen LogP contribution in [0.4, 0.5) is 5.69 Å². The SMILES string of the molecule is CCOC(=O)c1ccc(NC(=S)NC2(C3CC3)CCCC2)c(C)c1. The number of hydrogen-bond acceptors (Lipinski definition) is 3. The lowest BCUT2D eigenvalue weighted by Gasteiger charge is -2.32. The van der Waals surface area contributed by atoms with Gasteiger partial charge < -0.3 is 15.4 Å². The average molecular weight is 346 g/mol. The van der Waals surface area contributed by atoms with Gasteiger partial charge in [0.2, 0.25) is 0 Å². The third-order valence-corrected chi connectivity index (χ3v) is 5.41. The van der Waals surface area contributed by atoms with Gasteiger partial charge in [-0.15, -0.1) is 0 Å². The van der Waals surface area contributed by atoms with Gasteiger partial charge in [0.15, 0.2) is 5.11 Å². The third kappa shape index (κ3) is 3.72. The number of hydrogen-bond donors (Lipinski definition) is 2. The minimum absolute atomic E-state index is 0.211. The van der Waals surface area contributed by atoms with Crippen LogP contribution in [0.3, 0.4) is 0 Å². The first-order valence-corrected chi connectivity index (χ1v) is 9.32. The number of benzene rings is 1. The number of carbonyl (C=O) groups excluding carboxylic acids is 1. The Labute approximate surface area is 149 Å². The topological polar surface area (TPSA) is 50.4 Å². The molecule has 0 heterocycles. The van der Waals surface area contributed by atoms with Crippen LogP contribution in [0.15, 0.2) is 18.2 Å². The summed E-state index contributed by atoms with van der Waals surface area (Å²) in [6, 6.07) is 5.52. The molecule has 0 bridgehead atoms. The Balaban J connectivity index is 1.65. The number of rotatable bonds is 5. The Morgan fingerprint density at radius 2 is 2.04 bits per heavy atom. The number of carbonyl (C=O) groups is 1. The summed E-state index contributed by atoms with van der Waals surface area (Å²) in [5, 5.41) is 7.62. The average Bonchev–Trinajstić information content (AvgIpc) is 3.31. The molecular formula is C19H26N2O2S. The quantitative estimate of drug-likeness (QED) is 0.619. The molecule has 0 unspecified atom stereocenters. The van der Waals surface area contributed by atoms with Gasteiger partial charge in [-0.3, -0.25) is 0 Å². The molecule has 0 radical (unpaired) electrons. The van der Waals surface area contributed by atoms with Crippen molar-refractivity contribution < 1.29 is 9.53 Å². The maximum Gasteiger partial charge on any atom is 0.338 e. The van der Waals surface area contributed by atoms with E-state index in [-0.39, 0.29) is 11.5 Å². The molecule has 2 saturated carbocycles. The van der Waals surface area contributed by atoms with Crippen molar-refractivity contribution in [2.75, 3.05) is 11.9 Å². The van der Waals surface area contributed by atoms with Crippen LogP contribution in [0.5, 0.6) is 0 Å². The predicted octanol–water partition coefficient (Wildman–Crippen LogP) is 4.18. The molecule has 24 heavy (non-hydrogen) atoms. The Kier molecular flexibility index (Phi) is 5.09. The lowest BCUT2D eigenvalue weighted by molar-refractivity contribution is 0.0526. The van der Waals surface area contributed by atoms with E-state index in [9.17, 15) is 4.79 Å². The van der Waals surface area contributed by atoms with Crippen molar-refractivity contribution in [3.05, 3.63) is 29.3 Å². The molecule has 0 atom stereocenters. The molecule has 3 rings (SSSR count). The van der Waals surface area contributed by atoms with Crippen molar-refractivity contribution in [2.45, 2.75) is 57.9 Å². The fourth-order valence-corrected chi connectivity index (χ4v) is 4.12. The second-order valence-corrected chi connectivity index (χ2v) is 7.38. The lowest BCUT2D eigenvalue weighted by atomic mass is 9.91. The molecule has 0 spiro atoms. The number of thiocarbonyl (C=S) groups is 1. The molecule has 2 aliphatic carbocycles. The van der Waals surface area contributed by atoms with Crippen molar-refractivity contribution >= 4 is 29.0 Å². The fourth-order valence-electron chi connectivity index (χ4n) is 3.80. The Morgan fingerprint density at radius 3 is 2.62 bits per heavy atom. The van der Waals surface area contributed by atoms with Gasteiger partial charge in [0, 0.05) is 11.2 Å². The highest BCUT2D eigenvalue weighted by molar-refractivity contribution is 7.80. The van der Waals surface area contributed by atoms with E-state index < -0.39 is 0 Å². The first-order valence-electron chi connectivity index (χ1n) is 8.91. The van der Waals surface area contributed by atoms with Crippen LogP contribution >= 0.6 is 12.2 Å². The van der Waals surface area contributed by atoms with Gasteiger partial charge >= 0.3 is 5.97 Å². The Morgan fingerprint density at radius 1 is 1.33 bits per heavy atom. The van der Waals surface area contributed by atoms with Crippen LogP contribution in [-0.2, 0) is 4.74 Å². The highest BCUT2D eigenvalue weighted by atomic mass is 32.1. The monoisotopic (exact) mass is 346 g/mol. The summed E-state index contributed by atoms with van der Waals surface area (Å²) in [4.78, 5) is 11.8. The number of esters is 1. The van der Waals surface area contributed by atoms with Gasteiger partial charge in [-0.05, 0) is 81.4 Å². The normalized spacial score (nSPS) is 18.9. The first kappa shape index (κ1) is 17.2. The zero-order chi connectivity index (χ0) is 17.2. The minimum Gasteiger partial charge on any atom is -0.462 e. The van der Waals surface area contributed by atoms with Crippen LogP contribution in [0.2, 0.25) is 0 Å². The van der Waals surface area contributed by atoms with Gasteiger partial charge in [-0.2, -0.15) is 0 Å². The van der Waals surface area contributed by atoms with E-state index in [1.54, 1.807) is 6.07 Å². The molecule has 2 fully saturated rings. The maximum atomic E-state index is 11.8. The van der Waals surface area contributed by atoms with Crippen LogP contribution in [0.25, 0.3) is 0 Å². The maximum absolute atomic E-state index is 11.8.